The van der Waals surface area contributed by atoms with Gasteiger partial charge in [0.2, 0.25) is 0 Å². The van der Waals surface area contributed by atoms with E-state index in [0.29, 0.717) is 5.15 Å². The molecule has 14 heavy (non-hydrogen) atoms. The largest absolute Gasteiger partial charge is 0.236 e. The molecule has 2 aromatic rings. The second-order valence-electron chi connectivity index (χ2n) is 3.10. The van der Waals surface area contributed by atoms with Gasteiger partial charge >= 0.3 is 0 Å². The molecule has 0 spiro atoms. The molecule has 1 heterocycles. The monoisotopic (exact) mass is 269 g/mol. The molecule has 0 bridgehead atoms. The third-order valence-corrected chi connectivity index (χ3v) is 2.71. The van der Waals surface area contributed by atoms with E-state index in [0.717, 1.165) is 22.7 Å². The first-order valence-electron chi connectivity index (χ1n) is 4.41. The van der Waals surface area contributed by atoms with E-state index in [1.165, 1.54) is 5.56 Å². The fourth-order valence-corrected chi connectivity index (χ4v) is 2.03. The molecular formula is C11H9BrClN. The minimum absolute atomic E-state index is 0.547. The number of pyridine rings is 1. The van der Waals surface area contributed by atoms with Crippen LogP contribution in [0.1, 0.15) is 5.56 Å². The smallest absolute Gasteiger partial charge is 0.129 e. The van der Waals surface area contributed by atoms with Crippen LogP contribution in [0, 0.1) is 0 Å². The van der Waals surface area contributed by atoms with Crippen LogP contribution < -0.4 is 0 Å². The van der Waals surface area contributed by atoms with Crippen LogP contribution in [0.15, 0.2) is 30.3 Å². The van der Waals surface area contributed by atoms with Crippen molar-refractivity contribution >= 4 is 38.4 Å². The highest BCUT2D eigenvalue weighted by Crippen LogP contribution is 2.17. The van der Waals surface area contributed by atoms with Crippen molar-refractivity contribution in [1.29, 1.82) is 0 Å². The Morgan fingerprint density at radius 2 is 2.07 bits per heavy atom. The van der Waals surface area contributed by atoms with Crippen LogP contribution in [-0.4, -0.2) is 10.3 Å². The SMILES string of the molecule is Clc1ccc2cc(CCBr)ccc2n1. The molecule has 72 valence electrons. The maximum Gasteiger partial charge on any atom is 0.129 e. The van der Waals surface area contributed by atoms with Gasteiger partial charge in [0.05, 0.1) is 5.52 Å². The van der Waals surface area contributed by atoms with E-state index in [1.807, 2.05) is 18.2 Å². The molecule has 1 aromatic heterocycles. The molecule has 0 saturated carbocycles. The second-order valence-corrected chi connectivity index (χ2v) is 4.28. The van der Waals surface area contributed by atoms with Crippen molar-refractivity contribution in [3.63, 3.8) is 0 Å². The molecule has 0 atom stereocenters. The number of hydrogen-bond acceptors (Lipinski definition) is 1. The van der Waals surface area contributed by atoms with Gasteiger partial charge < -0.3 is 0 Å². The molecule has 2 rings (SSSR count). The van der Waals surface area contributed by atoms with E-state index in [4.69, 9.17) is 11.6 Å². The zero-order chi connectivity index (χ0) is 9.97. The first kappa shape index (κ1) is 9.94. The molecular weight excluding hydrogens is 261 g/mol. The summed E-state index contributed by atoms with van der Waals surface area (Å²) in [7, 11) is 0. The maximum absolute atomic E-state index is 5.80. The molecule has 0 saturated heterocycles. The van der Waals surface area contributed by atoms with E-state index in [-0.39, 0.29) is 0 Å². The van der Waals surface area contributed by atoms with Gasteiger partial charge in [0.1, 0.15) is 5.15 Å². The Morgan fingerprint density at radius 3 is 2.86 bits per heavy atom. The first-order valence-corrected chi connectivity index (χ1v) is 5.91. The standard InChI is InChI=1S/C11H9BrClN/c12-6-5-8-1-3-10-9(7-8)2-4-11(13)14-10/h1-4,7H,5-6H2. The predicted molar refractivity (Wildman–Crippen MR) is 64.3 cm³/mol. The second kappa shape index (κ2) is 4.28. The van der Waals surface area contributed by atoms with Gasteiger partial charge in [-0.25, -0.2) is 4.98 Å². The van der Waals surface area contributed by atoms with Crippen LogP contribution in [-0.2, 0) is 6.42 Å². The Hall–Kier alpha value is -0.600. The topological polar surface area (TPSA) is 12.9 Å². The van der Waals surface area contributed by atoms with Crippen molar-refractivity contribution in [2.45, 2.75) is 6.42 Å². The third-order valence-electron chi connectivity index (χ3n) is 2.10. The molecule has 0 aliphatic rings. The molecule has 1 nitrogen and oxygen atoms in total. The number of halogens is 2. The number of benzene rings is 1. The highest BCUT2D eigenvalue weighted by Gasteiger charge is 1.98. The Bertz CT molecular complexity index is 456. The van der Waals surface area contributed by atoms with E-state index in [1.54, 1.807) is 0 Å². The van der Waals surface area contributed by atoms with Crippen LogP contribution in [0.5, 0.6) is 0 Å². The van der Waals surface area contributed by atoms with Crippen LogP contribution in [0.4, 0.5) is 0 Å². The molecule has 0 N–H and O–H groups in total. The number of fused-ring (bicyclic) bond motifs is 1. The van der Waals surface area contributed by atoms with Crippen molar-refractivity contribution in [1.82, 2.24) is 4.98 Å². The summed E-state index contributed by atoms with van der Waals surface area (Å²) in [5.41, 5.74) is 2.27. The zero-order valence-electron chi connectivity index (χ0n) is 7.50. The molecule has 1 aromatic carbocycles. The number of hydrogen-bond donors (Lipinski definition) is 0. The lowest BCUT2D eigenvalue weighted by Crippen LogP contribution is -1.86. The number of aryl methyl sites for hydroxylation is 1. The Morgan fingerprint density at radius 1 is 1.21 bits per heavy atom. The van der Waals surface area contributed by atoms with Gasteiger partial charge in [-0.15, -0.1) is 0 Å². The minimum atomic E-state index is 0.547. The molecule has 0 radical (unpaired) electrons. The van der Waals surface area contributed by atoms with Gasteiger partial charge in [0, 0.05) is 10.7 Å². The highest BCUT2D eigenvalue weighted by atomic mass is 79.9. The molecule has 0 unspecified atom stereocenters. The Balaban J connectivity index is 2.50. The summed E-state index contributed by atoms with van der Waals surface area (Å²) in [6, 6.07) is 10.1. The predicted octanol–water partition coefficient (Wildman–Crippen LogP) is 3.83. The van der Waals surface area contributed by atoms with Crippen molar-refractivity contribution in [2.24, 2.45) is 0 Å². The van der Waals surface area contributed by atoms with Crippen LogP contribution >= 0.6 is 27.5 Å². The normalized spacial score (nSPS) is 10.7. The van der Waals surface area contributed by atoms with Gasteiger partial charge in [0.15, 0.2) is 0 Å². The minimum Gasteiger partial charge on any atom is -0.236 e. The summed E-state index contributed by atoms with van der Waals surface area (Å²) >= 11 is 9.23. The van der Waals surface area contributed by atoms with Gasteiger partial charge in [-0.1, -0.05) is 33.6 Å². The summed E-state index contributed by atoms with van der Waals surface area (Å²) in [6.45, 7) is 0. The molecule has 0 aliphatic heterocycles. The number of rotatable bonds is 2. The van der Waals surface area contributed by atoms with E-state index < -0.39 is 0 Å². The fraction of sp³-hybridized carbons (Fsp3) is 0.182. The van der Waals surface area contributed by atoms with Crippen molar-refractivity contribution < 1.29 is 0 Å². The lowest BCUT2D eigenvalue weighted by Gasteiger charge is -2.01. The van der Waals surface area contributed by atoms with Crippen LogP contribution in [0.25, 0.3) is 10.9 Å². The first-order chi connectivity index (χ1) is 6.79. The van der Waals surface area contributed by atoms with Crippen LogP contribution in [0.2, 0.25) is 5.15 Å². The van der Waals surface area contributed by atoms with Gasteiger partial charge in [0.25, 0.3) is 0 Å². The van der Waals surface area contributed by atoms with Gasteiger partial charge in [-0.2, -0.15) is 0 Å². The molecule has 0 amide bonds. The highest BCUT2D eigenvalue weighted by molar-refractivity contribution is 9.09. The summed E-state index contributed by atoms with van der Waals surface area (Å²) in [4.78, 5) is 4.23. The summed E-state index contributed by atoms with van der Waals surface area (Å²) in [6.07, 6.45) is 1.04. The van der Waals surface area contributed by atoms with Gasteiger partial charge in [-0.3, -0.25) is 0 Å². The average molecular weight is 271 g/mol. The molecule has 3 heteroatoms. The lowest BCUT2D eigenvalue weighted by atomic mass is 10.1. The number of nitrogens with zero attached hydrogens (tertiary/aromatic N) is 1. The summed E-state index contributed by atoms with van der Waals surface area (Å²) < 4.78 is 0. The van der Waals surface area contributed by atoms with Crippen molar-refractivity contribution in [3.8, 4) is 0 Å². The summed E-state index contributed by atoms with van der Waals surface area (Å²) in [5, 5.41) is 2.68. The number of aromatic nitrogens is 1. The lowest BCUT2D eigenvalue weighted by molar-refractivity contribution is 1.17. The number of alkyl halides is 1. The van der Waals surface area contributed by atoms with E-state index in [2.05, 4.69) is 33.0 Å². The Kier molecular flexibility index (Phi) is 3.04. The molecule has 0 aliphatic carbocycles. The average Bonchev–Trinajstić information content (AvgIpc) is 2.19. The quantitative estimate of drug-likeness (QED) is 0.597. The van der Waals surface area contributed by atoms with Gasteiger partial charge in [-0.05, 0) is 36.2 Å². The van der Waals surface area contributed by atoms with E-state index in [9.17, 15) is 0 Å². The van der Waals surface area contributed by atoms with Crippen molar-refractivity contribution in [3.05, 3.63) is 41.0 Å². The third kappa shape index (κ3) is 2.07. The summed E-state index contributed by atoms with van der Waals surface area (Å²) in [5.74, 6) is 0. The fourth-order valence-electron chi connectivity index (χ4n) is 1.41. The van der Waals surface area contributed by atoms with Crippen molar-refractivity contribution in [2.75, 3.05) is 5.33 Å². The molecule has 0 fully saturated rings. The zero-order valence-corrected chi connectivity index (χ0v) is 9.85. The Labute approximate surface area is 96.2 Å². The van der Waals surface area contributed by atoms with Crippen LogP contribution in [0.3, 0.4) is 0 Å². The van der Waals surface area contributed by atoms with E-state index >= 15 is 0 Å². The maximum atomic E-state index is 5.80.